The number of ether oxygens (including phenoxy) is 1. The smallest absolute Gasteiger partial charge is 0.0605 e. The van der Waals surface area contributed by atoms with E-state index in [0.29, 0.717) is 6.10 Å². The molecule has 0 aromatic rings. The molecule has 1 aliphatic carbocycles. The fourth-order valence-corrected chi connectivity index (χ4v) is 3.92. The van der Waals surface area contributed by atoms with Crippen molar-refractivity contribution >= 4 is 0 Å². The van der Waals surface area contributed by atoms with Crippen molar-refractivity contribution < 1.29 is 4.74 Å². The van der Waals surface area contributed by atoms with Crippen LogP contribution in [0.15, 0.2) is 0 Å². The van der Waals surface area contributed by atoms with Crippen LogP contribution in [0.3, 0.4) is 0 Å². The van der Waals surface area contributed by atoms with Gasteiger partial charge in [0, 0.05) is 51.9 Å². The van der Waals surface area contributed by atoms with Crippen LogP contribution in [-0.4, -0.2) is 86.3 Å². The first-order chi connectivity index (χ1) is 12.0. The van der Waals surface area contributed by atoms with E-state index in [4.69, 9.17) is 4.74 Å². The molecule has 2 aliphatic rings. The second-order valence-corrected chi connectivity index (χ2v) is 8.73. The van der Waals surface area contributed by atoms with E-state index in [0.717, 1.165) is 31.0 Å². The van der Waals surface area contributed by atoms with E-state index in [9.17, 15) is 0 Å². The molecule has 0 aromatic heterocycles. The van der Waals surface area contributed by atoms with Gasteiger partial charge in [0.05, 0.1) is 12.7 Å². The fourth-order valence-electron chi connectivity index (χ4n) is 3.92. The maximum absolute atomic E-state index is 6.12. The maximum atomic E-state index is 6.12. The Morgan fingerprint density at radius 2 is 1.56 bits per heavy atom. The molecule has 2 unspecified atom stereocenters. The van der Waals surface area contributed by atoms with Crippen LogP contribution in [0.2, 0.25) is 0 Å². The molecular formula is C21H43N3O. The molecule has 25 heavy (non-hydrogen) atoms. The van der Waals surface area contributed by atoms with Crippen molar-refractivity contribution in [3.05, 3.63) is 0 Å². The van der Waals surface area contributed by atoms with E-state index in [-0.39, 0.29) is 0 Å². The average molecular weight is 354 g/mol. The quantitative estimate of drug-likeness (QED) is 0.568. The molecule has 2 fully saturated rings. The van der Waals surface area contributed by atoms with Crippen LogP contribution in [-0.2, 0) is 4.74 Å². The highest BCUT2D eigenvalue weighted by atomic mass is 16.5. The summed E-state index contributed by atoms with van der Waals surface area (Å²) in [6, 6.07) is 0.753. The lowest BCUT2D eigenvalue weighted by Crippen LogP contribution is -2.50. The highest BCUT2D eigenvalue weighted by molar-refractivity contribution is 4.87. The summed E-state index contributed by atoms with van der Waals surface area (Å²) in [6.45, 7) is 18.7. The minimum atomic E-state index is 0.510. The molecule has 4 nitrogen and oxygen atoms in total. The van der Waals surface area contributed by atoms with Gasteiger partial charge in [-0.05, 0) is 31.7 Å². The van der Waals surface area contributed by atoms with Crippen LogP contribution in [0.4, 0.5) is 0 Å². The van der Waals surface area contributed by atoms with Gasteiger partial charge in [0.1, 0.15) is 0 Å². The Labute approximate surface area is 156 Å². The summed E-state index contributed by atoms with van der Waals surface area (Å²) in [5.41, 5.74) is 0. The minimum Gasteiger partial charge on any atom is -0.377 e. The van der Waals surface area contributed by atoms with Crippen molar-refractivity contribution in [2.45, 2.75) is 65.5 Å². The Morgan fingerprint density at radius 1 is 0.960 bits per heavy atom. The molecule has 0 radical (unpaired) electrons. The zero-order chi connectivity index (χ0) is 18.2. The molecule has 0 spiro atoms. The zero-order valence-corrected chi connectivity index (χ0v) is 17.5. The lowest BCUT2D eigenvalue weighted by molar-refractivity contribution is -0.0547. The van der Waals surface area contributed by atoms with Gasteiger partial charge in [-0.1, -0.05) is 40.5 Å². The Kier molecular flexibility index (Phi) is 9.18. The number of piperazine rings is 1. The van der Waals surface area contributed by atoms with Crippen LogP contribution in [0.25, 0.3) is 0 Å². The third kappa shape index (κ3) is 7.16. The van der Waals surface area contributed by atoms with E-state index in [1.54, 1.807) is 0 Å². The molecule has 0 N–H and O–H groups in total. The van der Waals surface area contributed by atoms with Crippen molar-refractivity contribution in [1.82, 2.24) is 14.7 Å². The van der Waals surface area contributed by atoms with Gasteiger partial charge in [-0.2, -0.15) is 0 Å². The topological polar surface area (TPSA) is 19.0 Å². The molecule has 0 bridgehead atoms. The van der Waals surface area contributed by atoms with E-state index in [1.807, 2.05) is 0 Å². The van der Waals surface area contributed by atoms with Crippen LogP contribution < -0.4 is 0 Å². The molecule has 2 atom stereocenters. The first-order valence-corrected chi connectivity index (χ1v) is 10.8. The highest BCUT2D eigenvalue weighted by Gasteiger charge is 2.33. The number of hydrogen-bond acceptors (Lipinski definition) is 4. The average Bonchev–Trinajstić information content (AvgIpc) is 2.57. The maximum Gasteiger partial charge on any atom is 0.0605 e. The summed E-state index contributed by atoms with van der Waals surface area (Å²) in [4.78, 5) is 7.76. The number of hydrogen-bond donors (Lipinski definition) is 0. The molecular weight excluding hydrogens is 310 g/mol. The van der Waals surface area contributed by atoms with Crippen LogP contribution in [0.5, 0.6) is 0 Å². The van der Waals surface area contributed by atoms with Crippen molar-refractivity contribution in [3.8, 4) is 0 Å². The van der Waals surface area contributed by atoms with Crippen molar-refractivity contribution in [1.29, 1.82) is 0 Å². The molecule has 4 heteroatoms. The zero-order valence-electron chi connectivity index (χ0n) is 17.5. The van der Waals surface area contributed by atoms with E-state index in [2.05, 4.69) is 49.4 Å². The minimum absolute atomic E-state index is 0.510. The van der Waals surface area contributed by atoms with E-state index < -0.39 is 0 Å². The van der Waals surface area contributed by atoms with Gasteiger partial charge in [0.15, 0.2) is 0 Å². The Bertz CT molecular complexity index is 351. The molecule has 1 aliphatic heterocycles. The molecule has 0 amide bonds. The van der Waals surface area contributed by atoms with Gasteiger partial charge in [-0.15, -0.1) is 0 Å². The summed E-state index contributed by atoms with van der Waals surface area (Å²) >= 11 is 0. The second-order valence-electron chi connectivity index (χ2n) is 8.73. The largest absolute Gasteiger partial charge is 0.377 e. The summed E-state index contributed by atoms with van der Waals surface area (Å²) in [5.74, 6) is 1.64. The van der Waals surface area contributed by atoms with Gasteiger partial charge in [0.2, 0.25) is 0 Å². The van der Waals surface area contributed by atoms with Gasteiger partial charge < -0.3 is 14.5 Å². The summed E-state index contributed by atoms with van der Waals surface area (Å²) in [5, 5.41) is 0. The third-order valence-corrected chi connectivity index (χ3v) is 6.48. The standard InChI is InChI=1S/C21H43N3O/c1-6-18(3)16-22(5)20-14-21(15-20)25-13-12-23-8-10-24(11-9-23)17-19(4)7-2/h18-21H,6-17H2,1-5H3/t18?,19?,20-,21-. The van der Waals surface area contributed by atoms with E-state index in [1.165, 1.54) is 65.0 Å². The Balaban J connectivity index is 1.49. The summed E-state index contributed by atoms with van der Waals surface area (Å²) < 4.78 is 6.12. The first kappa shape index (κ1) is 21.1. The lowest BCUT2D eigenvalue weighted by Gasteiger charge is -2.42. The normalized spacial score (nSPS) is 28.1. The van der Waals surface area contributed by atoms with Gasteiger partial charge >= 0.3 is 0 Å². The molecule has 2 rings (SSSR count). The van der Waals surface area contributed by atoms with Crippen LogP contribution in [0.1, 0.15) is 53.4 Å². The van der Waals surface area contributed by atoms with Crippen molar-refractivity contribution in [2.24, 2.45) is 11.8 Å². The first-order valence-electron chi connectivity index (χ1n) is 10.8. The number of rotatable bonds is 11. The monoisotopic (exact) mass is 353 g/mol. The van der Waals surface area contributed by atoms with Gasteiger partial charge in [-0.3, -0.25) is 4.90 Å². The predicted molar refractivity (Wildman–Crippen MR) is 107 cm³/mol. The number of nitrogens with zero attached hydrogens (tertiary/aromatic N) is 3. The Hall–Kier alpha value is -0.160. The van der Waals surface area contributed by atoms with Crippen molar-refractivity contribution in [3.63, 3.8) is 0 Å². The summed E-state index contributed by atoms with van der Waals surface area (Å²) in [6.07, 6.45) is 5.55. The predicted octanol–water partition coefficient (Wildman–Crippen LogP) is 3.18. The second kappa shape index (κ2) is 10.9. The molecule has 1 saturated heterocycles. The van der Waals surface area contributed by atoms with E-state index >= 15 is 0 Å². The Morgan fingerprint density at radius 3 is 2.16 bits per heavy atom. The SMILES string of the molecule is CCC(C)CN1CCN(CCO[C@H]2C[C@H](N(C)CC(C)CC)C2)CC1. The van der Waals surface area contributed by atoms with Gasteiger partial charge in [-0.25, -0.2) is 0 Å². The molecule has 0 aromatic carbocycles. The molecule has 1 saturated carbocycles. The van der Waals surface area contributed by atoms with Gasteiger partial charge in [0.25, 0.3) is 0 Å². The molecule has 1 heterocycles. The fraction of sp³-hybridized carbons (Fsp3) is 1.00. The highest BCUT2D eigenvalue weighted by Crippen LogP contribution is 2.28. The summed E-state index contributed by atoms with van der Waals surface area (Å²) in [7, 11) is 2.28. The third-order valence-electron chi connectivity index (χ3n) is 6.48. The molecule has 148 valence electrons. The van der Waals surface area contributed by atoms with Crippen LogP contribution >= 0.6 is 0 Å². The lowest BCUT2D eigenvalue weighted by atomic mass is 9.87. The van der Waals surface area contributed by atoms with Crippen molar-refractivity contribution in [2.75, 3.05) is 59.5 Å². The van der Waals surface area contributed by atoms with Crippen LogP contribution in [0, 0.1) is 11.8 Å².